The fourth-order valence-corrected chi connectivity index (χ4v) is 4.76. The predicted molar refractivity (Wildman–Crippen MR) is 141 cm³/mol. The smallest absolute Gasteiger partial charge is 0.281 e. The number of para-hydroxylation sites is 1. The van der Waals surface area contributed by atoms with Crippen LogP contribution in [0.4, 0.5) is 5.69 Å². The van der Waals surface area contributed by atoms with Gasteiger partial charge < -0.3 is 9.88 Å². The Bertz CT molecular complexity index is 1380. The quantitative estimate of drug-likeness (QED) is 0.227. The largest absolute Gasteiger partial charge is 0.342 e. The standard InChI is InChI=1S/C25H17Br2N3OS/c26-18-8-6-16(7-9-18)14-29-15-17(21-13-19(27)10-11-23(21)29)12-22-24(31)30(25(32)28-22)20-4-2-1-3-5-20/h1-13,15H,14H2,(H,28,32)/b22-12-. The van der Waals surface area contributed by atoms with Crippen molar-refractivity contribution >= 4 is 77.8 Å². The van der Waals surface area contributed by atoms with Gasteiger partial charge in [0.25, 0.3) is 5.91 Å². The van der Waals surface area contributed by atoms with E-state index in [0.29, 0.717) is 10.8 Å². The number of nitrogens with zero attached hydrogens (tertiary/aromatic N) is 2. The first kappa shape index (κ1) is 21.1. The summed E-state index contributed by atoms with van der Waals surface area (Å²) in [5.41, 5.74) is 4.45. The summed E-state index contributed by atoms with van der Waals surface area (Å²) in [7, 11) is 0. The molecule has 1 aromatic heterocycles. The zero-order chi connectivity index (χ0) is 22.2. The van der Waals surface area contributed by atoms with Gasteiger partial charge >= 0.3 is 0 Å². The monoisotopic (exact) mass is 565 g/mol. The molecule has 1 aliphatic heterocycles. The second kappa shape index (κ2) is 8.65. The van der Waals surface area contributed by atoms with E-state index in [1.54, 1.807) is 0 Å². The predicted octanol–water partition coefficient (Wildman–Crippen LogP) is 6.48. The first-order valence-electron chi connectivity index (χ1n) is 9.94. The molecular weight excluding hydrogens is 550 g/mol. The van der Waals surface area contributed by atoms with Crippen LogP contribution in [0.25, 0.3) is 17.0 Å². The van der Waals surface area contributed by atoms with E-state index in [4.69, 9.17) is 12.2 Å². The van der Waals surface area contributed by atoms with Gasteiger partial charge in [-0.3, -0.25) is 9.69 Å². The van der Waals surface area contributed by atoms with E-state index in [0.717, 1.165) is 37.6 Å². The van der Waals surface area contributed by atoms with Crippen molar-refractivity contribution in [1.82, 2.24) is 9.88 Å². The summed E-state index contributed by atoms with van der Waals surface area (Å²) in [5, 5.41) is 4.53. The first-order chi connectivity index (χ1) is 15.5. The van der Waals surface area contributed by atoms with E-state index >= 15 is 0 Å². The SMILES string of the molecule is O=C1/C(=C/c2cn(Cc3ccc(Br)cc3)c3ccc(Br)cc23)NC(=S)N1c1ccccc1. The molecule has 1 amide bonds. The number of anilines is 1. The van der Waals surface area contributed by atoms with Crippen LogP contribution in [0.1, 0.15) is 11.1 Å². The summed E-state index contributed by atoms with van der Waals surface area (Å²) in [5.74, 6) is -0.162. The second-order valence-electron chi connectivity index (χ2n) is 7.46. The highest BCUT2D eigenvalue weighted by Crippen LogP contribution is 2.29. The minimum Gasteiger partial charge on any atom is -0.342 e. The molecule has 1 aliphatic rings. The number of amides is 1. The molecule has 4 nitrogen and oxygen atoms in total. The number of carbonyl (C=O) groups excluding carboxylic acids is 1. The third-order valence-electron chi connectivity index (χ3n) is 5.33. The average molecular weight is 567 g/mol. The number of hydrogen-bond acceptors (Lipinski definition) is 2. The fourth-order valence-electron chi connectivity index (χ4n) is 3.83. The molecule has 1 fully saturated rings. The zero-order valence-corrected chi connectivity index (χ0v) is 20.7. The van der Waals surface area contributed by atoms with Crippen LogP contribution in [0, 0.1) is 0 Å². The molecule has 4 aromatic rings. The van der Waals surface area contributed by atoms with Crippen LogP contribution in [0.15, 0.2) is 93.6 Å². The van der Waals surface area contributed by atoms with E-state index in [-0.39, 0.29) is 5.91 Å². The number of thiocarbonyl (C=S) groups is 1. The van der Waals surface area contributed by atoms with Gasteiger partial charge in [0, 0.05) is 38.2 Å². The summed E-state index contributed by atoms with van der Waals surface area (Å²) in [6.07, 6.45) is 3.96. The summed E-state index contributed by atoms with van der Waals surface area (Å²) in [6.45, 7) is 0.727. The third-order valence-corrected chi connectivity index (χ3v) is 6.64. The molecule has 0 saturated carbocycles. The van der Waals surface area contributed by atoms with Crippen LogP contribution in [0.5, 0.6) is 0 Å². The highest BCUT2D eigenvalue weighted by atomic mass is 79.9. The number of fused-ring (bicyclic) bond motifs is 1. The van der Waals surface area contributed by atoms with Crippen molar-refractivity contribution < 1.29 is 4.79 Å². The molecule has 158 valence electrons. The summed E-state index contributed by atoms with van der Waals surface area (Å²) >= 11 is 12.5. The summed E-state index contributed by atoms with van der Waals surface area (Å²) < 4.78 is 4.24. The van der Waals surface area contributed by atoms with Crippen LogP contribution in [-0.4, -0.2) is 15.6 Å². The molecule has 0 bridgehead atoms. The van der Waals surface area contributed by atoms with E-state index in [9.17, 15) is 4.79 Å². The lowest BCUT2D eigenvalue weighted by Crippen LogP contribution is -2.30. The van der Waals surface area contributed by atoms with Crippen molar-refractivity contribution in [3.8, 4) is 0 Å². The van der Waals surface area contributed by atoms with Crippen molar-refractivity contribution in [2.24, 2.45) is 0 Å². The Hall–Kier alpha value is -2.74. The molecule has 2 heterocycles. The zero-order valence-electron chi connectivity index (χ0n) is 16.8. The van der Waals surface area contributed by atoms with Crippen molar-refractivity contribution in [1.29, 1.82) is 0 Å². The normalized spacial score (nSPS) is 15.1. The lowest BCUT2D eigenvalue weighted by atomic mass is 10.1. The maximum absolute atomic E-state index is 13.1. The lowest BCUT2D eigenvalue weighted by Gasteiger charge is -2.13. The van der Waals surface area contributed by atoms with E-state index in [2.05, 4.69) is 72.2 Å². The number of carbonyl (C=O) groups is 1. The molecule has 32 heavy (non-hydrogen) atoms. The number of halogens is 2. The lowest BCUT2D eigenvalue weighted by molar-refractivity contribution is -0.113. The molecule has 1 N–H and O–H groups in total. The van der Waals surface area contributed by atoms with Crippen LogP contribution >= 0.6 is 44.1 Å². The van der Waals surface area contributed by atoms with Crippen molar-refractivity contribution in [2.45, 2.75) is 6.54 Å². The van der Waals surface area contributed by atoms with E-state index in [1.807, 2.05) is 54.6 Å². The Balaban J connectivity index is 1.55. The van der Waals surface area contributed by atoms with Gasteiger partial charge in [-0.2, -0.15) is 0 Å². The van der Waals surface area contributed by atoms with Crippen molar-refractivity contribution in [3.05, 3.63) is 105 Å². The van der Waals surface area contributed by atoms with Crippen LogP contribution < -0.4 is 10.2 Å². The molecule has 0 aliphatic carbocycles. The second-order valence-corrected chi connectivity index (χ2v) is 9.68. The van der Waals surface area contributed by atoms with Gasteiger partial charge in [0.15, 0.2) is 5.11 Å². The third kappa shape index (κ3) is 4.03. The number of benzene rings is 3. The fraction of sp³-hybridized carbons (Fsp3) is 0.0400. The van der Waals surface area contributed by atoms with Crippen LogP contribution in [-0.2, 0) is 11.3 Å². The molecule has 7 heteroatoms. The topological polar surface area (TPSA) is 37.3 Å². The molecular formula is C25H17Br2N3OS. The number of hydrogen-bond donors (Lipinski definition) is 1. The Morgan fingerprint density at radius 2 is 1.66 bits per heavy atom. The average Bonchev–Trinajstić information content (AvgIpc) is 3.26. The molecule has 5 rings (SSSR count). The van der Waals surface area contributed by atoms with E-state index < -0.39 is 0 Å². The van der Waals surface area contributed by atoms with Crippen molar-refractivity contribution in [2.75, 3.05) is 4.90 Å². The molecule has 0 radical (unpaired) electrons. The van der Waals surface area contributed by atoms with Gasteiger partial charge in [-0.05, 0) is 66.3 Å². The van der Waals surface area contributed by atoms with Crippen LogP contribution in [0.2, 0.25) is 0 Å². The minimum absolute atomic E-state index is 0.162. The van der Waals surface area contributed by atoms with Gasteiger partial charge in [0.2, 0.25) is 0 Å². The van der Waals surface area contributed by atoms with Crippen molar-refractivity contribution in [3.63, 3.8) is 0 Å². The Kier molecular flexibility index (Phi) is 5.71. The maximum Gasteiger partial charge on any atom is 0.281 e. The number of nitrogens with one attached hydrogen (secondary N) is 1. The van der Waals surface area contributed by atoms with Gasteiger partial charge in [0.05, 0.1) is 5.69 Å². The number of aromatic nitrogens is 1. The van der Waals surface area contributed by atoms with Gasteiger partial charge in [-0.1, -0.05) is 62.2 Å². The minimum atomic E-state index is -0.162. The maximum atomic E-state index is 13.1. The Labute approximate surface area is 207 Å². The molecule has 1 saturated heterocycles. The van der Waals surface area contributed by atoms with Crippen LogP contribution in [0.3, 0.4) is 0 Å². The highest BCUT2D eigenvalue weighted by Gasteiger charge is 2.32. The molecule has 0 atom stereocenters. The molecule has 0 spiro atoms. The van der Waals surface area contributed by atoms with Gasteiger partial charge in [0.1, 0.15) is 5.70 Å². The highest BCUT2D eigenvalue weighted by molar-refractivity contribution is 9.10. The van der Waals surface area contributed by atoms with E-state index in [1.165, 1.54) is 10.5 Å². The summed E-state index contributed by atoms with van der Waals surface area (Å²) in [4.78, 5) is 14.7. The van der Waals surface area contributed by atoms with Gasteiger partial charge in [-0.15, -0.1) is 0 Å². The number of rotatable bonds is 4. The first-order valence-corrected chi connectivity index (χ1v) is 11.9. The Morgan fingerprint density at radius 1 is 0.938 bits per heavy atom. The Morgan fingerprint density at radius 3 is 2.41 bits per heavy atom. The summed E-state index contributed by atoms with van der Waals surface area (Å²) in [6, 6.07) is 23.9. The molecule has 0 unspecified atom stereocenters. The molecule has 3 aromatic carbocycles. The van der Waals surface area contributed by atoms with Gasteiger partial charge in [-0.25, -0.2) is 0 Å².